The van der Waals surface area contributed by atoms with Gasteiger partial charge in [0, 0.05) is 18.6 Å². The Labute approximate surface area is 57.0 Å². The van der Waals surface area contributed by atoms with E-state index in [9.17, 15) is 0 Å². The van der Waals surface area contributed by atoms with Crippen LogP contribution in [0.2, 0.25) is 0 Å². The third kappa shape index (κ3) is 0.710. The zero-order valence-electron chi connectivity index (χ0n) is 6.14. The van der Waals surface area contributed by atoms with Crippen LogP contribution in [0.5, 0.6) is 0 Å². The van der Waals surface area contributed by atoms with Crippen LogP contribution in [-0.2, 0) is 0 Å². The third-order valence-corrected chi connectivity index (χ3v) is 2.96. The molecule has 0 aromatic carbocycles. The molecule has 2 rings (SSSR count). The van der Waals surface area contributed by atoms with Gasteiger partial charge in [-0.3, -0.25) is 4.90 Å². The summed E-state index contributed by atoms with van der Waals surface area (Å²) in [4.78, 5) is 2.68. The molecular weight excluding hydrogens is 110 g/mol. The minimum Gasteiger partial charge on any atom is -0.297 e. The van der Waals surface area contributed by atoms with Gasteiger partial charge in [-0.1, -0.05) is 6.92 Å². The first kappa shape index (κ1) is 5.72. The first-order valence-electron chi connectivity index (χ1n) is 4.17. The van der Waals surface area contributed by atoms with Crippen LogP contribution >= 0.6 is 0 Å². The summed E-state index contributed by atoms with van der Waals surface area (Å²) >= 11 is 0. The van der Waals surface area contributed by atoms with E-state index >= 15 is 0 Å². The molecule has 2 unspecified atom stereocenters. The van der Waals surface area contributed by atoms with Gasteiger partial charge in [0.25, 0.3) is 0 Å². The fourth-order valence-corrected chi connectivity index (χ4v) is 2.24. The van der Waals surface area contributed by atoms with E-state index in [0.29, 0.717) is 0 Å². The SMILES string of the molecule is CCC1CCC2CCN12. The predicted octanol–water partition coefficient (Wildman–Crippen LogP) is 1.63. The maximum atomic E-state index is 2.68. The van der Waals surface area contributed by atoms with Gasteiger partial charge in [0.05, 0.1) is 0 Å². The van der Waals surface area contributed by atoms with Crippen LogP contribution in [0.1, 0.15) is 32.6 Å². The van der Waals surface area contributed by atoms with Gasteiger partial charge in [0.2, 0.25) is 0 Å². The van der Waals surface area contributed by atoms with E-state index in [1.54, 1.807) is 0 Å². The van der Waals surface area contributed by atoms with Crippen LogP contribution in [-0.4, -0.2) is 23.5 Å². The highest BCUT2D eigenvalue weighted by molar-refractivity contribution is 4.93. The van der Waals surface area contributed by atoms with Crippen molar-refractivity contribution in [3.05, 3.63) is 0 Å². The lowest BCUT2D eigenvalue weighted by Crippen LogP contribution is -2.46. The lowest BCUT2D eigenvalue weighted by Gasteiger charge is -2.38. The molecule has 2 saturated heterocycles. The van der Waals surface area contributed by atoms with Crippen LogP contribution in [0.15, 0.2) is 0 Å². The van der Waals surface area contributed by atoms with E-state index in [1.807, 2.05) is 0 Å². The van der Waals surface area contributed by atoms with Gasteiger partial charge < -0.3 is 0 Å². The molecule has 0 radical (unpaired) electrons. The molecule has 0 saturated carbocycles. The van der Waals surface area contributed by atoms with Crippen LogP contribution in [0.4, 0.5) is 0 Å². The number of hydrogen-bond acceptors (Lipinski definition) is 1. The Morgan fingerprint density at radius 2 is 2.22 bits per heavy atom. The molecule has 2 heterocycles. The van der Waals surface area contributed by atoms with Crippen LogP contribution < -0.4 is 0 Å². The Balaban J connectivity index is 1.97. The summed E-state index contributed by atoms with van der Waals surface area (Å²) in [5, 5.41) is 0. The van der Waals surface area contributed by atoms with E-state index in [-0.39, 0.29) is 0 Å². The Morgan fingerprint density at radius 1 is 1.33 bits per heavy atom. The lowest BCUT2D eigenvalue weighted by molar-refractivity contribution is 0.0935. The van der Waals surface area contributed by atoms with Crippen LogP contribution in [0.25, 0.3) is 0 Å². The summed E-state index contributed by atoms with van der Waals surface area (Å²) < 4.78 is 0. The van der Waals surface area contributed by atoms with Crippen LogP contribution in [0, 0.1) is 0 Å². The molecule has 52 valence electrons. The smallest absolute Gasteiger partial charge is 0.0111 e. The largest absolute Gasteiger partial charge is 0.297 e. The van der Waals surface area contributed by atoms with Crippen molar-refractivity contribution in [3.63, 3.8) is 0 Å². The molecule has 0 amide bonds. The molecule has 0 bridgehead atoms. The van der Waals surface area contributed by atoms with Crippen molar-refractivity contribution in [1.82, 2.24) is 4.90 Å². The second-order valence-electron chi connectivity index (χ2n) is 3.32. The minimum absolute atomic E-state index is 0.962. The Hall–Kier alpha value is -0.0400. The summed E-state index contributed by atoms with van der Waals surface area (Å²) in [6.45, 7) is 3.70. The molecule has 2 aliphatic heterocycles. The van der Waals surface area contributed by atoms with E-state index in [1.165, 1.54) is 32.2 Å². The summed E-state index contributed by atoms with van der Waals surface area (Å²) in [6.07, 6.45) is 5.81. The molecule has 2 atom stereocenters. The van der Waals surface area contributed by atoms with Crippen molar-refractivity contribution in [2.24, 2.45) is 0 Å². The van der Waals surface area contributed by atoms with Crippen molar-refractivity contribution < 1.29 is 0 Å². The standard InChI is InChI=1S/C8H15N/c1-2-7-3-4-8-5-6-9(7)8/h7-8H,2-6H2,1H3. The number of rotatable bonds is 1. The third-order valence-electron chi connectivity index (χ3n) is 2.96. The summed E-state index contributed by atoms with van der Waals surface area (Å²) in [7, 11) is 0. The Morgan fingerprint density at radius 3 is 2.56 bits per heavy atom. The molecule has 0 aromatic rings. The van der Waals surface area contributed by atoms with E-state index < -0.39 is 0 Å². The lowest BCUT2D eigenvalue weighted by atomic mass is 10.1. The van der Waals surface area contributed by atoms with Gasteiger partial charge in [-0.05, 0) is 25.7 Å². The highest BCUT2D eigenvalue weighted by Gasteiger charge is 2.37. The van der Waals surface area contributed by atoms with E-state index in [4.69, 9.17) is 0 Å². The second kappa shape index (κ2) is 1.98. The fourth-order valence-electron chi connectivity index (χ4n) is 2.24. The second-order valence-corrected chi connectivity index (χ2v) is 3.32. The van der Waals surface area contributed by atoms with Crippen molar-refractivity contribution in [1.29, 1.82) is 0 Å². The van der Waals surface area contributed by atoms with Crippen LogP contribution in [0.3, 0.4) is 0 Å². The van der Waals surface area contributed by atoms with Crippen molar-refractivity contribution in [3.8, 4) is 0 Å². The van der Waals surface area contributed by atoms with Gasteiger partial charge in [0.15, 0.2) is 0 Å². The highest BCUT2D eigenvalue weighted by atomic mass is 15.3. The number of hydrogen-bond donors (Lipinski definition) is 0. The van der Waals surface area contributed by atoms with Gasteiger partial charge in [-0.15, -0.1) is 0 Å². The van der Waals surface area contributed by atoms with Crippen molar-refractivity contribution in [2.45, 2.75) is 44.7 Å². The fraction of sp³-hybridized carbons (Fsp3) is 1.00. The molecule has 2 fully saturated rings. The zero-order valence-corrected chi connectivity index (χ0v) is 6.14. The number of fused-ring (bicyclic) bond motifs is 1. The Kier molecular flexibility index (Phi) is 1.26. The normalized spacial score (nSPS) is 42.3. The van der Waals surface area contributed by atoms with Gasteiger partial charge in [0.1, 0.15) is 0 Å². The molecule has 0 spiro atoms. The Bertz CT molecular complexity index is 109. The first-order valence-corrected chi connectivity index (χ1v) is 4.17. The van der Waals surface area contributed by atoms with E-state index in [2.05, 4.69) is 11.8 Å². The van der Waals surface area contributed by atoms with E-state index in [0.717, 1.165) is 12.1 Å². The summed E-state index contributed by atoms with van der Waals surface area (Å²) in [6, 6.07) is 1.97. The molecular formula is C8H15N. The van der Waals surface area contributed by atoms with Gasteiger partial charge in [-0.2, -0.15) is 0 Å². The quantitative estimate of drug-likeness (QED) is 0.515. The average molecular weight is 125 g/mol. The maximum Gasteiger partial charge on any atom is 0.0111 e. The molecule has 9 heavy (non-hydrogen) atoms. The molecule has 0 aliphatic carbocycles. The zero-order chi connectivity index (χ0) is 6.27. The molecule has 2 aliphatic rings. The van der Waals surface area contributed by atoms with Gasteiger partial charge >= 0.3 is 0 Å². The average Bonchev–Trinajstić information content (AvgIpc) is 2.07. The molecule has 1 nitrogen and oxygen atoms in total. The first-order chi connectivity index (χ1) is 4.42. The molecule has 0 N–H and O–H groups in total. The molecule has 0 aromatic heterocycles. The topological polar surface area (TPSA) is 3.24 Å². The van der Waals surface area contributed by atoms with Crippen molar-refractivity contribution >= 4 is 0 Å². The predicted molar refractivity (Wildman–Crippen MR) is 38.4 cm³/mol. The summed E-state index contributed by atoms with van der Waals surface area (Å²) in [5.74, 6) is 0. The summed E-state index contributed by atoms with van der Waals surface area (Å²) in [5.41, 5.74) is 0. The van der Waals surface area contributed by atoms with Gasteiger partial charge in [-0.25, -0.2) is 0 Å². The monoisotopic (exact) mass is 125 g/mol. The highest BCUT2D eigenvalue weighted by Crippen LogP contribution is 2.34. The maximum absolute atomic E-state index is 2.68. The number of nitrogens with zero attached hydrogens (tertiary/aromatic N) is 1. The van der Waals surface area contributed by atoms with Crippen molar-refractivity contribution in [2.75, 3.05) is 6.54 Å². The minimum atomic E-state index is 0.962. The molecule has 1 heteroatoms.